The average Bonchev–Trinajstić information content (AvgIpc) is 3.22. The van der Waals surface area contributed by atoms with Gasteiger partial charge in [0.05, 0.1) is 19.8 Å². The molecule has 0 spiro atoms. The first-order chi connectivity index (χ1) is 17.4. The van der Waals surface area contributed by atoms with E-state index in [4.69, 9.17) is 19.4 Å². The van der Waals surface area contributed by atoms with Crippen molar-refractivity contribution >= 4 is 17.1 Å². The number of carbonyl (C=O) groups is 1. The number of imidazole rings is 1. The second-order valence-electron chi connectivity index (χ2n) is 8.96. The van der Waals surface area contributed by atoms with Crippen LogP contribution >= 0.6 is 0 Å². The molecule has 4 aromatic rings. The fraction of sp³-hybridized carbons (Fsp3) is 0.345. The number of ether oxygens (including phenoxy) is 2. The molecule has 4 rings (SSSR count). The van der Waals surface area contributed by atoms with Crippen molar-refractivity contribution in [3.8, 4) is 5.75 Å². The molecule has 36 heavy (non-hydrogen) atoms. The van der Waals surface area contributed by atoms with Gasteiger partial charge in [0.15, 0.2) is 11.8 Å². The molecule has 2 aromatic carbocycles. The van der Waals surface area contributed by atoms with Gasteiger partial charge in [0.1, 0.15) is 17.1 Å². The summed E-state index contributed by atoms with van der Waals surface area (Å²) < 4.78 is 13.7. The monoisotopic (exact) mass is 487 g/mol. The molecule has 0 aliphatic carbocycles. The maximum atomic E-state index is 12.1. The Labute approximate surface area is 211 Å². The van der Waals surface area contributed by atoms with E-state index in [0.29, 0.717) is 24.3 Å². The lowest BCUT2D eigenvalue weighted by molar-refractivity contribution is -0.155. The van der Waals surface area contributed by atoms with Crippen LogP contribution in [0.4, 0.5) is 0 Å². The van der Waals surface area contributed by atoms with Crippen LogP contribution in [-0.4, -0.2) is 32.7 Å². The lowest BCUT2D eigenvalue weighted by Gasteiger charge is -2.23. The maximum absolute atomic E-state index is 12.1. The Morgan fingerprint density at radius 1 is 1.06 bits per heavy atom. The van der Waals surface area contributed by atoms with Crippen LogP contribution in [0, 0.1) is 13.8 Å². The second-order valence-corrected chi connectivity index (χ2v) is 8.96. The molecule has 2 unspecified atom stereocenters. The predicted octanol–water partition coefficient (Wildman–Crippen LogP) is 5.96. The minimum Gasteiger partial charge on any atom is -0.496 e. The van der Waals surface area contributed by atoms with Crippen molar-refractivity contribution in [2.24, 2.45) is 0 Å². The van der Waals surface area contributed by atoms with E-state index in [9.17, 15) is 9.90 Å². The zero-order chi connectivity index (χ0) is 25.8. The van der Waals surface area contributed by atoms with Crippen molar-refractivity contribution in [3.63, 3.8) is 0 Å². The van der Waals surface area contributed by atoms with Gasteiger partial charge >= 0.3 is 5.97 Å². The number of aliphatic carboxylic acids is 1. The van der Waals surface area contributed by atoms with Crippen LogP contribution in [0.5, 0.6) is 5.75 Å². The van der Waals surface area contributed by atoms with Crippen LogP contribution in [0.3, 0.4) is 0 Å². The first-order valence-corrected chi connectivity index (χ1v) is 12.3. The SMILES string of the molecule is CCc1nc2c(C)cc(C)nc2n1Cc1ccc(C(CC)OC(C(=O)O)c2ccccc2OC)cc1. The zero-order valence-corrected chi connectivity index (χ0v) is 21.5. The van der Waals surface area contributed by atoms with Gasteiger partial charge in [-0.05, 0) is 49.1 Å². The van der Waals surface area contributed by atoms with E-state index in [-0.39, 0.29) is 6.10 Å². The van der Waals surface area contributed by atoms with Crippen LogP contribution in [0.25, 0.3) is 11.2 Å². The van der Waals surface area contributed by atoms with Gasteiger partial charge in [-0.15, -0.1) is 0 Å². The maximum Gasteiger partial charge on any atom is 0.337 e. The number of fused-ring (bicyclic) bond motifs is 1. The van der Waals surface area contributed by atoms with E-state index in [1.165, 1.54) is 7.11 Å². The highest BCUT2D eigenvalue weighted by molar-refractivity contribution is 5.76. The summed E-state index contributed by atoms with van der Waals surface area (Å²) in [6.45, 7) is 8.83. The van der Waals surface area contributed by atoms with Gasteiger partial charge < -0.3 is 19.1 Å². The highest BCUT2D eigenvalue weighted by atomic mass is 16.5. The number of aromatic nitrogens is 3. The second kappa shape index (κ2) is 10.9. The molecule has 1 N–H and O–H groups in total. The van der Waals surface area contributed by atoms with E-state index >= 15 is 0 Å². The number of aryl methyl sites for hydroxylation is 3. The summed E-state index contributed by atoms with van der Waals surface area (Å²) in [5.41, 5.74) is 6.51. The number of hydrogen-bond donors (Lipinski definition) is 1. The van der Waals surface area contributed by atoms with Gasteiger partial charge in [0.2, 0.25) is 0 Å². The molecule has 2 aromatic heterocycles. The molecule has 188 valence electrons. The number of rotatable bonds is 10. The topological polar surface area (TPSA) is 86.5 Å². The molecule has 7 heteroatoms. The van der Waals surface area contributed by atoms with E-state index in [2.05, 4.69) is 36.6 Å². The lowest BCUT2D eigenvalue weighted by atomic mass is 10.0. The minimum absolute atomic E-state index is 0.377. The number of methoxy groups -OCH3 is 1. The van der Waals surface area contributed by atoms with Gasteiger partial charge in [-0.1, -0.05) is 56.3 Å². The van der Waals surface area contributed by atoms with Crippen molar-refractivity contribution in [2.45, 2.75) is 59.3 Å². The highest BCUT2D eigenvalue weighted by Crippen LogP contribution is 2.34. The summed E-state index contributed by atoms with van der Waals surface area (Å²) in [6.07, 6.45) is -0.0597. The van der Waals surface area contributed by atoms with Crippen molar-refractivity contribution in [2.75, 3.05) is 7.11 Å². The average molecular weight is 488 g/mol. The number of carboxylic acid groups (broad SMARTS) is 1. The first-order valence-electron chi connectivity index (χ1n) is 12.3. The third-order valence-electron chi connectivity index (χ3n) is 6.43. The largest absolute Gasteiger partial charge is 0.496 e. The molecule has 2 atom stereocenters. The Bertz CT molecular complexity index is 1360. The van der Waals surface area contributed by atoms with Crippen molar-refractivity contribution in [3.05, 3.63) is 88.4 Å². The Morgan fingerprint density at radius 2 is 1.78 bits per heavy atom. The van der Waals surface area contributed by atoms with Crippen LogP contribution in [0.2, 0.25) is 0 Å². The number of nitrogens with zero attached hydrogens (tertiary/aromatic N) is 3. The molecular formula is C29H33N3O4. The quantitative estimate of drug-likeness (QED) is 0.297. The minimum atomic E-state index is -1.13. The van der Waals surface area contributed by atoms with Crippen LogP contribution in [-0.2, 0) is 22.5 Å². The molecule has 0 aliphatic rings. The third-order valence-corrected chi connectivity index (χ3v) is 6.43. The number of para-hydroxylation sites is 1. The van der Waals surface area contributed by atoms with E-state index in [1.54, 1.807) is 18.2 Å². The molecule has 0 saturated heterocycles. The Balaban J connectivity index is 1.59. The van der Waals surface area contributed by atoms with Gasteiger partial charge in [-0.25, -0.2) is 14.8 Å². The molecule has 2 heterocycles. The van der Waals surface area contributed by atoms with Crippen molar-refractivity contribution < 1.29 is 19.4 Å². The number of carboxylic acids is 1. The van der Waals surface area contributed by atoms with Crippen LogP contribution < -0.4 is 4.74 Å². The Morgan fingerprint density at radius 3 is 2.42 bits per heavy atom. The fourth-order valence-electron chi connectivity index (χ4n) is 4.63. The third kappa shape index (κ3) is 5.11. The summed E-state index contributed by atoms with van der Waals surface area (Å²) in [6, 6.07) is 17.3. The lowest BCUT2D eigenvalue weighted by Crippen LogP contribution is -2.19. The van der Waals surface area contributed by atoms with E-state index in [1.807, 2.05) is 32.0 Å². The van der Waals surface area contributed by atoms with Crippen LogP contribution in [0.15, 0.2) is 54.6 Å². The van der Waals surface area contributed by atoms with Crippen molar-refractivity contribution in [1.29, 1.82) is 0 Å². The summed E-state index contributed by atoms with van der Waals surface area (Å²) in [5, 5.41) is 9.91. The Hall–Kier alpha value is -3.71. The first kappa shape index (κ1) is 25.4. The fourth-order valence-corrected chi connectivity index (χ4v) is 4.63. The molecule has 0 aliphatic heterocycles. The van der Waals surface area contributed by atoms with Gasteiger partial charge in [0.25, 0.3) is 0 Å². The standard InChI is InChI=1S/C29H33N3O4/c1-6-23(36-27(29(33)34)22-10-8-9-11-24(22)35-5)21-14-12-20(13-15-21)17-32-25(7-2)31-26-18(3)16-19(4)30-28(26)32/h8-16,23,27H,6-7,17H2,1-5H3,(H,33,34). The number of benzene rings is 2. The molecular weight excluding hydrogens is 454 g/mol. The molecule has 0 amide bonds. The van der Waals surface area contributed by atoms with Gasteiger partial charge in [-0.2, -0.15) is 0 Å². The smallest absolute Gasteiger partial charge is 0.337 e. The van der Waals surface area contributed by atoms with Gasteiger partial charge in [0, 0.05) is 17.7 Å². The zero-order valence-electron chi connectivity index (χ0n) is 21.5. The summed E-state index contributed by atoms with van der Waals surface area (Å²) >= 11 is 0. The summed E-state index contributed by atoms with van der Waals surface area (Å²) in [4.78, 5) is 21.7. The molecule has 7 nitrogen and oxygen atoms in total. The number of pyridine rings is 1. The summed E-state index contributed by atoms with van der Waals surface area (Å²) in [7, 11) is 1.53. The van der Waals surface area contributed by atoms with E-state index < -0.39 is 12.1 Å². The van der Waals surface area contributed by atoms with Gasteiger partial charge in [-0.3, -0.25) is 0 Å². The van der Waals surface area contributed by atoms with E-state index in [0.717, 1.165) is 45.8 Å². The normalized spacial score (nSPS) is 13.0. The summed E-state index contributed by atoms with van der Waals surface area (Å²) in [5.74, 6) is 0.450. The van der Waals surface area contributed by atoms with Crippen molar-refractivity contribution in [1.82, 2.24) is 14.5 Å². The molecule has 0 fully saturated rings. The van der Waals surface area contributed by atoms with Crippen LogP contribution in [0.1, 0.15) is 66.2 Å². The molecule has 0 saturated carbocycles. The molecule has 0 radical (unpaired) electrons. The Kier molecular flexibility index (Phi) is 7.70. The predicted molar refractivity (Wildman–Crippen MR) is 139 cm³/mol. The number of hydrogen-bond acceptors (Lipinski definition) is 5. The highest BCUT2D eigenvalue weighted by Gasteiger charge is 2.28. The molecule has 0 bridgehead atoms.